The molecule has 0 radical (unpaired) electrons. The maximum Gasteiger partial charge on any atom is 0.220 e. The lowest BCUT2D eigenvalue weighted by Crippen LogP contribution is -2.20. The number of fused-ring (bicyclic) bond motifs is 1. The average molecular weight is 229 g/mol. The van der Waals surface area contributed by atoms with Crippen LogP contribution in [0.25, 0.3) is 0 Å². The number of hydrogen-bond donors (Lipinski definition) is 1. The van der Waals surface area contributed by atoms with Crippen molar-refractivity contribution in [3.63, 3.8) is 0 Å². The van der Waals surface area contributed by atoms with Crippen LogP contribution in [-0.2, 0) is 6.42 Å². The number of hydrogen-bond acceptors (Lipinski definition) is 5. The van der Waals surface area contributed by atoms with Gasteiger partial charge in [0.15, 0.2) is 5.78 Å². The number of furan rings is 1. The minimum atomic E-state index is 0.0488. The van der Waals surface area contributed by atoms with Crippen molar-refractivity contribution in [1.29, 1.82) is 0 Å². The van der Waals surface area contributed by atoms with Gasteiger partial charge in [-0.3, -0.25) is 4.79 Å². The number of aromatic nitrogens is 2. The molecule has 5 nitrogen and oxygen atoms in total. The van der Waals surface area contributed by atoms with E-state index in [-0.39, 0.29) is 17.6 Å². The number of ketones is 1. The molecular formula is C12H11N3O2. The summed E-state index contributed by atoms with van der Waals surface area (Å²) in [4.78, 5) is 19.9. The lowest BCUT2D eigenvalue weighted by molar-refractivity contribution is 0.0958. The molecule has 0 fully saturated rings. The predicted octanol–water partition coefficient (Wildman–Crippen LogP) is 1.56. The molecule has 0 unspecified atom stereocenters. The van der Waals surface area contributed by atoms with E-state index in [0.717, 1.165) is 11.5 Å². The van der Waals surface area contributed by atoms with Gasteiger partial charge in [-0.15, -0.1) is 0 Å². The van der Waals surface area contributed by atoms with Crippen LogP contribution >= 0.6 is 0 Å². The van der Waals surface area contributed by atoms with Gasteiger partial charge in [0.2, 0.25) is 5.95 Å². The van der Waals surface area contributed by atoms with Gasteiger partial charge in [-0.1, -0.05) is 0 Å². The number of carbonyl (C=O) groups excluding carboxylic acids is 1. The molecule has 1 atom stereocenters. The summed E-state index contributed by atoms with van der Waals surface area (Å²) in [6, 6.07) is 3.71. The fraction of sp³-hybridized carbons (Fsp3) is 0.250. The largest absolute Gasteiger partial charge is 0.469 e. The minimum absolute atomic E-state index is 0.0488. The van der Waals surface area contributed by atoms with E-state index in [2.05, 4.69) is 9.97 Å². The molecule has 1 aliphatic rings. The number of rotatable bonds is 1. The van der Waals surface area contributed by atoms with Gasteiger partial charge in [-0.05, 0) is 12.1 Å². The Kier molecular flexibility index (Phi) is 2.18. The summed E-state index contributed by atoms with van der Waals surface area (Å²) in [5.41, 5.74) is 6.84. The van der Waals surface area contributed by atoms with Gasteiger partial charge in [0.1, 0.15) is 5.76 Å². The summed E-state index contributed by atoms with van der Waals surface area (Å²) in [7, 11) is 0. The molecule has 0 amide bonds. The second-order valence-electron chi connectivity index (χ2n) is 4.13. The smallest absolute Gasteiger partial charge is 0.220 e. The summed E-state index contributed by atoms with van der Waals surface area (Å²) in [5, 5.41) is 0. The Bertz CT molecular complexity index is 563. The van der Waals surface area contributed by atoms with E-state index in [1.807, 2.05) is 12.1 Å². The molecule has 2 aromatic rings. The normalized spacial score (nSPS) is 19.1. The van der Waals surface area contributed by atoms with Crippen molar-refractivity contribution in [1.82, 2.24) is 9.97 Å². The Hall–Kier alpha value is -2.17. The van der Waals surface area contributed by atoms with Crippen LogP contribution in [0.3, 0.4) is 0 Å². The van der Waals surface area contributed by atoms with Gasteiger partial charge in [0.05, 0.1) is 17.5 Å². The topological polar surface area (TPSA) is 82.0 Å². The number of Topliss-reactive ketones (excluding diaryl/α,β-unsaturated/α-hetero) is 1. The second kappa shape index (κ2) is 3.69. The van der Waals surface area contributed by atoms with Gasteiger partial charge >= 0.3 is 0 Å². The molecule has 0 aliphatic heterocycles. The average Bonchev–Trinajstić information content (AvgIpc) is 2.81. The quantitative estimate of drug-likeness (QED) is 0.802. The van der Waals surface area contributed by atoms with E-state index in [1.54, 1.807) is 6.26 Å². The zero-order valence-electron chi connectivity index (χ0n) is 9.09. The molecule has 0 spiro atoms. The van der Waals surface area contributed by atoms with E-state index in [4.69, 9.17) is 10.2 Å². The molecule has 3 rings (SSSR count). The molecule has 1 aliphatic carbocycles. The van der Waals surface area contributed by atoms with Crippen LogP contribution in [-0.4, -0.2) is 15.8 Å². The Morgan fingerprint density at radius 3 is 3.06 bits per heavy atom. The van der Waals surface area contributed by atoms with Crippen molar-refractivity contribution in [3.05, 3.63) is 41.6 Å². The van der Waals surface area contributed by atoms with Crippen LogP contribution in [0.15, 0.2) is 29.0 Å². The van der Waals surface area contributed by atoms with E-state index in [9.17, 15) is 4.79 Å². The Morgan fingerprint density at radius 1 is 1.41 bits per heavy atom. The van der Waals surface area contributed by atoms with Crippen molar-refractivity contribution in [2.75, 3.05) is 5.73 Å². The molecule has 2 N–H and O–H groups in total. The first-order valence-corrected chi connectivity index (χ1v) is 5.42. The number of nitrogen functional groups attached to an aromatic ring is 1. The van der Waals surface area contributed by atoms with E-state index < -0.39 is 0 Å². The number of nitrogens with zero attached hydrogens (tertiary/aromatic N) is 2. The highest BCUT2D eigenvalue weighted by molar-refractivity contribution is 5.98. The molecule has 0 saturated heterocycles. The highest BCUT2D eigenvalue weighted by Gasteiger charge is 2.29. The number of anilines is 1. The molecular weight excluding hydrogens is 218 g/mol. The standard InChI is InChI=1S/C12H11N3O2/c13-12-14-6-8-9(15-12)4-7(5-10(8)16)11-2-1-3-17-11/h1-3,6-7H,4-5H2,(H2,13,14,15)/t7-/m0/s1. The Balaban J connectivity index is 2.00. The Labute approximate surface area is 97.7 Å². The lowest BCUT2D eigenvalue weighted by atomic mass is 9.85. The molecule has 0 bridgehead atoms. The SMILES string of the molecule is Nc1ncc2c(n1)C[C@H](c1ccco1)CC2=O. The number of carbonyl (C=O) groups is 1. The second-order valence-corrected chi connectivity index (χ2v) is 4.13. The van der Waals surface area contributed by atoms with Gasteiger partial charge in [0, 0.05) is 25.0 Å². The summed E-state index contributed by atoms with van der Waals surface area (Å²) < 4.78 is 5.34. The van der Waals surface area contributed by atoms with Crippen LogP contribution in [0.5, 0.6) is 0 Å². The molecule has 5 heteroatoms. The van der Waals surface area contributed by atoms with Crippen LogP contribution in [0, 0.1) is 0 Å². The van der Waals surface area contributed by atoms with Crippen molar-refractivity contribution < 1.29 is 9.21 Å². The first-order chi connectivity index (χ1) is 8.24. The van der Waals surface area contributed by atoms with Crippen molar-refractivity contribution in [2.45, 2.75) is 18.8 Å². The van der Waals surface area contributed by atoms with Crippen molar-refractivity contribution >= 4 is 11.7 Å². The summed E-state index contributed by atoms with van der Waals surface area (Å²) in [6.07, 6.45) is 4.23. The van der Waals surface area contributed by atoms with Gasteiger partial charge in [0.25, 0.3) is 0 Å². The van der Waals surface area contributed by atoms with Crippen LogP contribution in [0.2, 0.25) is 0 Å². The van der Waals surface area contributed by atoms with Crippen LogP contribution < -0.4 is 5.73 Å². The van der Waals surface area contributed by atoms with Crippen LogP contribution in [0.4, 0.5) is 5.95 Å². The first-order valence-electron chi connectivity index (χ1n) is 5.42. The Morgan fingerprint density at radius 2 is 2.29 bits per heavy atom. The zero-order chi connectivity index (χ0) is 11.8. The molecule has 0 saturated carbocycles. The third-order valence-corrected chi connectivity index (χ3v) is 3.00. The van der Waals surface area contributed by atoms with Gasteiger partial charge in [-0.25, -0.2) is 9.97 Å². The summed E-state index contributed by atoms with van der Waals surface area (Å²) >= 11 is 0. The van der Waals surface area contributed by atoms with Gasteiger partial charge < -0.3 is 10.2 Å². The van der Waals surface area contributed by atoms with E-state index >= 15 is 0 Å². The molecule has 86 valence electrons. The lowest BCUT2D eigenvalue weighted by Gasteiger charge is -2.20. The highest BCUT2D eigenvalue weighted by atomic mass is 16.3. The fourth-order valence-electron chi connectivity index (χ4n) is 2.19. The van der Waals surface area contributed by atoms with Crippen LogP contribution in [0.1, 0.15) is 34.2 Å². The number of nitrogens with two attached hydrogens (primary N) is 1. The third-order valence-electron chi connectivity index (χ3n) is 3.00. The highest BCUT2D eigenvalue weighted by Crippen LogP contribution is 2.31. The fourth-order valence-corrected chi connectivity index (χ4v) is 2.19. The van der Waals surface area contributed by atoms with E-state index in [0.29, 0.717) is 18.4 Å². The van der Waals surface area contributed by atoms with Crippen molar-refractivity contribution in [3.8, 4) is 0 Å². The first kappa shape index (κ1) is 10.0. The molecule has 17 heavy (non-hydrogen) atoms. The van der Waals surface area contributed by atoms with Crippen molar-refractivity contribution in [2.24, 2.45) is 0 Å². The maximum atomic E-state index is 11.9. The summed E-state index contributed by atoms with van der Waals surface area (Å²) in [6.45, 7) is 0. The molecule has 0 aromatic carbocycles. The monoisotopic (exact) mass is 229 g/mol. The summed E-state index contributed by atoms with van der Waals surface area (Å²) in [5.74, 6) is 1.13. The van der Waals surface area contributed by atoms with E-state index in [1.165, 1.54) is 6.20 Å². The third kappa shape index (κ3) is 1.69. The zero-order valence-corrected chi connectivity index (χ0v) is 9.09. The minimum Gasteiger partial charge on any atom is -0.469 e. The van der Waals surface area contributed by atoms with Gasteiger partial charge in [-0.2, -0.15) is 0 Å². The molecule has 2 heterocycles. The predicted molar refractivity (Wildman–Crippen MR) is 60.5 cm³/mol. The molecule has 2 aromatic heterocycles. The maximum absolute atomic E-state index is 11.9.